The molecular weight excluding hydrogens is 370 g/mol. The van der Waals surface area contributed by atoms with Crippen molar-refractivity contribution in [2.45, 2.75) is 25.4 Å². The van der Waals surface area contributed by atoms with Crippen molar-refractivity contribution in [1.82, 2.24) is 30.0 Å². The summed E-state index contributed by atoms with van der Waals surface area (Å²) in [5.74, 6) is 0.467. The number of hydrogen-bond acceptors (Lipinski definition) is 6. The summed E-state index contributed by atoms with van der Waals surface area (Å²) in [5.41, 5.74) is 5.60. The number of tetrazole rings is 1. The Bertz CT molecular complexity index is 1180. The van der Waals surface area contributed by atoms with Crippen LogP contribution in [0.1, 0.15) is 22.3 Å². The highest BCUT2D eigenvalue weighted by molar-refractivity contribution is 7.80. The van der Waals surface area contributed by atoms with Gasteiger partial charge in [0.2, 0.25) is 5.82 Å². The van der Waals surface area contributed by atoms with Crippen LogP contribution in [0.5, 0.6) is 0 Å². The molecular formula is C20H17N7S. The van der Waals surface area contributed by atoms with Gasteiger partial charge >= 0.3 is 0 Å². The summed E-state index contributed by atoms with van der Waals surface area (Å²) in [6, 6.07) is 15.6. The molecule has 0 bridgehead atoms. The van der Waals surface area contributed by atoms with Crippen LogP contribution in [-0.4, -0.2) is 30.0 Å². The minimum absolute atomic E-state index is 0.464. The molecule has 0 aliphatic heterocycles. The van der Waals surface area contributed by atoms with E-state index in [9.17, 15) is 0 Å². The van der Waals surface area contributed by atoms with E-state index in [1.807, 2.05) is 31.2 Å². The molecule has 2 aromatic carbocycles. The van der Waals surface area contributed by atoms with Crippen molar-refractivity contribution in [1.29, 1.82) is 5.26 Å². The van der Waals surface area contributed by atoms with Gasteiger partial charge in [-0.3, -0.25) is 0 Å². The number of aromatic nitrogens is 6. The van der Waals surface area contributed by atoms with Gasteiger partial charge in [0, 0.05) is 0 Å². The molecule has 0 spiro atoms. The lowest BCUT2D eigenvalue weighted by Gasteiger charge is -2.08. The number of aryl methyl sites for hydroxylation is 2. The molecule has 7 nitrogen and oxygen atoms in total. The first-order valence-electron chi connectivity index (χ1n) is 8.67. The molecule has 2 aromatic heterocycles. The van der Waals surface area contributed by atoms with Crippen LogP contribution in [0.3, 0.4) is 0 Å². The number of nitriles is 1. The largest absolute Gasteiger partial charge is 0.226 e. The maximum absolute atomic E-state index is 8.88. The molecule has 0 saturated heterocycles. The van der Waals surface area contributed by atoms with E-state index in [0.29, 0.717) is 23.0 Å². The van der Waals surface area contributed by atoms with Crippen LogP contribution in [0.2, 0.25) is 0 Å². The highest BCUT2D eigenvalue weighted by atomic mass is 32.1. The van der Waals surface area contributed by atoms with E-state index in [0.717, 1.165) is 22.4 Å². The number of thiol groups is 1. The van der Waals surface area contributed by atoms with Crippen molar-refractivity contribution in [2.75, 3.05) is 0 Å². The van der Waals surface area contributed by atoms with Gasteiger partial charge < -0.3 is 0 Å². The van der Waals surface area contributed by atoms with Gasteiger partial charge in [-0.15, -0.1) is 22.8 Å². The highest BCUT2D eigenvalue weighted by Crippen LogP contribution is 2.27. The maximum atomic E-state index is 8.88. The molecule has 0 aliphatic rings. The molecule has 138 valence electrons. The molecule has 0 N–H and O–H groups in total. The first-order valence-corrected chi connectivity index (χ1v) is 9.11. The van der Waals surface area contributed by atoms with Crippen molar-refractivity contribution in [2.24, 2.45) is 0 Å². The van der Waals surface area contributed by atoms with E-state index < -0.39 is 0 Å². The van der Waals surface area contributed by atoms with Crippen molar-refractivity contribution >= 4 is 12.6 Å². The fourth-order valence-corrected chi connectivity index (χ4v) is 3.30. The third-order valence-electron chi connectivity index (χ3n) is 4.43. The Balaban J connectivity index is 1.60. The molecule has 4 aromatic rings. The summed E-state index contributed by atoms with van der Waals surface area (Å²) in [5, 5.41) is 26.7. The van der Waals surface area contributed by atoms with Crippen molar-refractivity contribution in [3.63, 3.8) is 0 Å². The Kier molecular flexibility index (Phi) is 4.67. The van der Waals surface area contributed by atoms with E-state index in [-0.39, 0.29) is 0 Å². The molecule has 0 atom stereocenters. The van der Waals surface area contributed by atoms with Gasteiger partial charge in [0.1, 0.15) is 5.03 Å². The predicted octanol–water partition coefficient (Wildman–Crippen LogP) is 3.35. The quantitative estimate of drug-likeness (QED) is 0.543. The van der Waals surface area contributed by atoms with Gasteiger partial charge in [-0.05, 0) is 48.4 Å². The summed E-state index contributed by atoms with van der Waals surface area (Å²) in [4.78, 5) is 1.51. The average Bonchev–Trinajstić information content (AvgIpc) is 3.29. The second kappa shape index (κ2) is 7.29. The van der Waals surface area contributed by atoms with Crippen LogP contribution in [0.15, 0.2) is 53.7 Å². The monoisotopic (exact) mass is 387 g/mol. The van der Waals surface area contributed by atoms with E-state index in [1.165, 1.54) is 10.4 Å². The third-order valence-corrected chi connectivity index (χ3v) is 4.86. The van der Waals surface area contributed by atoms with Crippen LogP contribution in [0.4, 0.5) is 0 Å². The van der Waals surface area contributed by atoms with Gasteiger partial charge in [-0.2, -0.15) is 15.2 Å². The van der Waals surface area contributed by atoms with E-state index >= 15 is 0 Å². The van der Waals surface area contributed by atoms with E-state index in [2.05, 4.69) is 52.2 Å². The van der Waals surface area contributed by atoms with Crippen molar-refractivity contribution < 1.29 is 0 Å². The summed E-state index contributed by atoms with van der Waals surface area (Å²) >= 11 is 4.64. The lowest BCUT2D eigenvalue weighted by Crippen LogP contribution is -2.04. The Morgan fingerprint density at radius 3 is 2.61 bits per heavy atom. The molecule has 8 heteroatoms. The summed E-state index contributed by atoms with van der Waals surface area (Å²) in [6.07, 6.45) is 1.70. The number of hydrogen-bond donors (Lipinski definition) is 1. The van der Waals surface area contributed by atoms with Crippen LogP contribution in [0.25, 0.3) is 17.1 Å². The van der Waals surface area contributed by atoms with Crippen LogP contribution < -0.4 is 0 Å². The van der Waals surface area contributed by atoms with Crippen molar-refractivity contribution in [3.8, 4) is 23.1 Å². The Morgan fingerprint density at radius 1 is 1.11 bits per heavy atom. The molecule has 0 amide bonds. The first-order chi connectivity index (χ1) is 13.5. The molecule has 28 heavy (non-hydrogen) atoms. The second-order valence-electron chi connectivity index (χ2n) is 6.54. The zero-order valence-electron chi connectivity index (χ0n) is 15.4. The fourth-order valence-electron chi connectivity index (χ4n) is 2.99. The third kappa shape index (κ3) is 3.40. The SMILES string of the molecule is Cc1ccc(-n2ncc(-c3nnn(Cc4ccc(C#N)cc4)n3)c2S)c(C)c1. The zero-order valence-corrected chi connectivity index (χ0v) is 16.3. The molecule has 0 radical (unpaired) electrons. The second-order valence-corrected chi connectivity index (χ2v) is 6.96. The van der Waals surface area contributed by atoms with Gasteiger partial charge in [0.25, 0.3) is 0 Å². The number of rotatable bonds is 4. The minimum Gasteiger partial charge on any atom is -0.226 e. The van der Waals surface area contributed by atoms with E-state index in [4.69, 9.17) is 5.26 Å². The predicted molar refractivity (Wildman–Crippen MR) is 107 cm³/mol. The molecule has 2 heterocycles. The minimum atomic E-state index is 0.464. The topological polar surface area (TPSA) is 85.2 Å². The average molecular weight is 387 g/mol. The van der Waals surface area contributed by atoms with E-state index in [1.54, 1.807) is 23.0 Å². The molecule has 4 rings (SSSR count). The Hall–Kier alpha value is -3.44. The lowest BCUT2D eigenvalue weighted by molar-refractivity contribution is 0.573. The maximum Gasteiger partial charge on any atom is 0.209 e. The van der Waals surface area contributed by atoms with Crippen LogP contribution in [0, 0.1) is 25.2 Å². The van der Waals surface area contributed by atoms with Gasteiger partial charge in [-0.25, -0.2) is 4.68 Å². The smallest absolute Gasteiger partial charge is 0.209 e. The molecule has 0 unspecified atom stereocenters. The standard InChI is InChI=1S/C20H17N7S/c1-13-3-8-18(14(2)9-13)27-20(28)17(11-22-27)19-23-25-26(24-19)12-16-6-4-15(10-21)5-7-16/h3-9,11,28H,12H2,1-2H3. The van der Waals surface area contributed by atoms with Gasteiger partial charge in [0.05, 0.1) is 35.6 Å². The fraction of sp³-hybridized carbons (Fsp3) is 0.150. The number of benzene rings is 2. The van der Waals surface area contributed by atoms with Crippen LogP contribution >= 0.6 is 12.6 Å². The lowest BCUT2D eigenvalue weighted by atomic mass is 10.1. The highest BCUT2D eigenvalue weighted by Gasteiger charge is 2.16. The normalized spacial score (nSPS) is 10.8. The Morgan fingerprint density at radius 2 is 1.89 bits per heavy atom. The number of nitrogens with zero attached hydrogens (tertiary/aromatic N) is 7. The van der Waals surface area contributed by atoms with Crippen molar-refractivity contribution in [3.05, 3.63) is 70.9 Å². The Labute approximate surface area is 167 Å². The molecule has 0 saturated carbocycles. The summed E-state index contributed by atoms with van der Waals surface area (Å²) < 4.78 is 1.77. The van der Waals surface area contributed by atoms with Gasteiger partial charge in [0.15, 0.2) is 0 Å². The molecule has 0 aliphatic carbocycles. The molecule has 0 fully saturated rings. The first kappa shape index (κ1) is 17.9. The summed E-state index contributed by atoms with van der Waals surface area (Å²) in [6.45, 7) is 4.57. The van der Waals surface area contributed by atoms with Gasteiger partial charge in [-0.1, -0.05) is 29.8 Å². The zero-order chi connectivity index (χ0) is 19.7. The summed E-state index contributed by atoms with van der Waals surface area (Å²) in [7, 11) is 0. The van der Waals surface area contributed by atoms with Crippen LogP contribution in [-0.2, 0) is 6.54 Å².